The second-order valence-electron chi connectivity index (χ2n) is 4.08. The Hall–Kier alpha value is 0.230. The van der Waals surface area contributed by atoms with Crippen molar-refractivity contribution in [1.82, 2.24) is 0 Å². The molecule has 3 nitrogen and oxygen atoms in total. The van der Waals surface area contributed by atoms with Gasteiger partial charge in [0.1, 0.15) is 0 Å². The fourth-order valence-corrected chi connectivity index (χ4v) is 4.42. The van der Waals surface area contributed by atoms with Gasteiger partial charge < -0.3 is 14.2 Å². The van der Waals surface area contributed by atoms with Gasteiger partial charge in [-0.05, 0) is 0 Å². The highest BCUT2D eigenvalue weighted by Gasteiger charge is 2.33. The molecule has 3 rings (SSSR count). The first-order valence-electron chi connectivity index (χ1n) is 4.97. The molecular formula is C9H16O3S. The molecule has 0 saturated carbocycles. The van der Waals surface area contributed by atoms with Gasteiger partial charge in [-0.15, -0.1) is 0 Å². The molecule has 4 heteroatoms. The zero-order valence-corrected chi connectivity index (χ0v) is 8.54. The number of hydrogen-bond donors (Lipinski definition) is 1. The summed E-state index contributed by atoms with van der Waals surface area (Å²) < 4.78 is 15.8. The van der Waals surface area contributed by atoms with E-state index in [4.69, 9.17) is 14.2 Å². The van der Waals surface area contributed by atoms with E-state index < -0.39 is 0 Å². The quantitative estimate of drug-likeness (QED) is 0.495. The van der Waals surface area contributed by atoms with Crippen LogP contribution in [0, 0.1) is 0 Å². The molecule has 3 aliphatic rings. The van der Waals surface area contributed by atoms with Crippen LogP contribution in [0.5, 0.6) is 0 Å². The lowest BCUT2D eigenvalue weighted by Gasteiger charge is -2.18. The Bertz CT molecular complexity index is 154. The Morgan fingerprint density at radius 2 is 1.08 bits per heavy atom. The summed E-state index contributed by atoms with van der Waals surface area (Å²) in [5.74, 6) is 3.86. The first kappa shape index (κ1) is 8.53. The molecular weight excluding hydrogens is 188 g/mol. The van der Waals surface area contributed by atoms with E-state index in [0.717, 1.165) is 19.8 Å². The van der Waals surface area contributed by atoms with Gasteiger partial charge in [-0.25, -0.2) is 10.9 Å². The van der Waals surface area contributed by atoms with E-state index in [9.17, 15) is 0 Å². The van der Waals surface area contributed by atoms with Crippen LogP contribution in [-0.4, -0.2) is 55.4 Å². The van der Waals surface area contributed by atoms with Crippen molar-refractivity contribution in [3.63, 3.8) is 0 Å². The molecule has 0 bridgehead atoms. The van der Waals surface area contributed by atoms with Crippen LogP contribution in [0.25, 0.3) is 0 Å². The lowest BCUT2D eigenvalue weighted by molar-refractivity contribution is 0.418. The average Bonchev–Trinajstić information content (AvgIpc) is 2.94. The first-order chi connectivity index (χ1) is 6.40. The van der Waals surface area contributed by atoms with E-state index in [1.165, 1.54) is 17.3 Å². The molecule has 13 heavy (non-hydrogen) atoms. The third-order valence-corrected chi connectivity index (χ3v) is 5.36. The van der Waals surface area contributed by atoms with Crippen LogP contribution in [-0.2, 0) is 14.2 Å². The largest absolute Gasteiger partial charge is 0.372 e. The van der Waals surface area contributed by atoms with Crippen molar-refractivity contribution in [1.29, 1.82) is 0 Å². The van der Waals surface area contributed by atoms with Crippen molar-refractivity contribution < 1.29 is 14.2 Å². The summed E-state index contributed by atoms with van der Waals surface area (Å²) in [7, 11) is 0.133. The summed E-state index contributed by atoms with van der Waals surface area (Å²) in [4.78, 5) is 0. The second kappa shape index (κ2) is 3.42. The van der Waals surface area contributed by atoms with Crippen LogP contribution in [0.2, 0.25) is 0 Å². The monoisotopic (exact) mass is 204 g/mol. The maximum Gasteiger partial charge on any atom is 0.0883 e. The highest BCUT2D eigenvalue weighted by Crippen LogP contribution is 2.37. The van der Waals surface area contributed by atoms with Crippen molar-refractivity contribution in [3.8, 4) is 0 Å². The van der Waals surface area contributed by atoms with Gasteiger partial charge in [0.05, 0.1) is 38.1 Å². The third-order valence-electron chi connectivity index (χ3n) is 2.59. The molecule has 3 heterocycles. The summed E-state index contributed by atoms with van der Waals surface area (Å²) >= 11 is 0. The molecule has 3 unspecified atom stereocenters. The minimum absolute atomic E-state index is 0.133. The third kappa shape index (κ3) is 2.84. The number of thiol groups is 1. The Kier molecular flexibility index (Phi) is 2.25. The summed E-state index contributed by atoms with van der Waals surface area (Å²) in [6, 6.07) is 0. The molecule has 0 radical (unpaired) electrons. The van der Waals surface area contributed by atoms with E-state index in [-0.39, 0.29) is 10.9 Å². The molecule has 0 aromatic carbocycles. The van der Waals surface area contributed by atoms with Gasteiger partial charge in [0.2, 0.25) is 0 Å². The van der Waals surface area contributed by atoms with E-state index >= 15 is 0 Å². The minimum Gasteiger partial charge on any atom is -0.372 e. The zero-order valence-electron chi connectivity index (χ0n) is 7.65. The number of rotatable bonds is 6. The Balaban J connectivity index is 1.45. The summed E-state index contributed by atoms with van der Waals surface area (Å²) in [5, 5.41) is 0. The highest BCUT2D eigenvalue weighted by molar-refractivity contribution is 8.17. The molecule has 3 aliphatic heterocycles. The van der Waals surface area contributed by atoms with Crippen LogP contribution < -0.4 is 0 Å². The van der Waals surface area contributed by atoms with Gasteiger partial charge in [-0.1, -0.05) is 0 Å². The second-order valence-corrected chi connectivity index (χ2v) is 6.52. The van der Waals surface area contributed by atoms with Crippen LogP contribution in [0.15, 0.2) is 0 Å². The fraction of sp³-hybridized carbons (Fsp3) is 1.00. The average molecular weight is 204 g/mol. The van der Waals surface area contributed by atoms with Gasteiger partial charge in [0.25, 0.3) is 0 Å². The van der Waals surface area contributed by atoms with Gasteiger partial charge in [0, 0.05) is 17.3 Å². The molecule has 0 aromatic rings. The van der Waals surface area contributed by atoms with Crippen LogP contribution in [0.1, 0.15) is 0 Å². The van der Waals surface area contributed by atoms with Crippen LogP contribution >= 0.6 is 10.9 Å². The molecule has 3 saturated heterocycles. The van der Waals surface area contributed by atoms with Gasteiger partial charge in [-0.3, -0.25) is 0 Å². The molecule has 3 fully saturated rings. The van der Waals surface area contributed by atoms with E-state index in [0.29, 0.717) is 18.3 Å². The smallest absolute Gasteiger partial charge is 0.0883 e. The molecule has 0 aliphatic carbocycles. The van der Waals surface area contributed by atoms with Gasteiger partial charge in [0.15, 0.2) is 0 Å². The first-order valence-corrected chi connectivity index (χ1v) is 6.87. The maximum absolute atomic E-state index is 5.28. The Morgan fingerprint density at radius 1 is 0.769 bits per heavy atom. The lowest BCUT2D eigenvalue weighted by atomic mass is 10.6. The van der Waals surface area contributed by atoms with E-state index in [2.05, 4.69) is 0 Å². The van der Waals surface area contributed by atoms with Crippen LogP contribution in [0.3, 0.4) is 0 Å². The lowest BCUT2D eigenvalue weighted by Crippen LogP contribution is -2.11. The Morgan fingerprint density at radius 3 is 1.31 bits per heavy atom. The normalized spacial score (nSPS) is 44.3. The molecule has 0 amide bonds. The molecule has 0 spiro atoms. The molecule has 0 N–H and O–H groups in total. The standard InChI is InChI=1S/C9H16O3S/c1-7(10-1)4-13(5-8-2-11-8)6-9-3-12-9/h7-9,13H,1-6H2. The number of hydrogen-bond acceptors (Lipinski definition) is 3. The molecule has 76 valence electrons. The van der Waals surface area contributed by atoms with E-state index in [1.54, 1.807) is 0 Å². The Labute approximate surface area is 81.1 Å². The van der Waals surface area contributed by atoms with Crippen molar-refractivity contribution in [2.24, 2.45) is 0 Å². The van der Waals surface area contributed by atoms with Gasteiger partial charge >= 0.3 is 0 Å². The highest BCUT2D eigenvalue weighted by atomic mass is 32.2. The van der Waals surface area contributed by atoms with Crippen LogP contribution in [0.4, 0.5) is 0 Å². The number of epoxide rings is 3. The zero-order chi connectivity index (χ0) is 8.67. The van der Waals surface area contributed by atoms with Crippen molar-refractivity contribution in [2.75, 3.05) is 37.1 Å². The maximum atomic E-state index is 5.28. The summed E-state index contributed by atoms with van der Waals surface area (Å²) in [5.41, 5.74) is 0. The fourth-order valence-electron chi connectivity index (χ4n) is 1.61. The van der Waals surface area contributed by atoms with Gasteiger partial charge in [-0.2, -0.15) is 0 Å². The predicted octanol–water partition coefficient (Wildman–Crippen LogP) is 0.184. The summed E-state index contributed by atoms with van der Waals surface area (Å²) in [6.45, 7) is 2.99. The topological polar surface area (TPSA) is 37.6 Å². The molecule has 0 aromatic heterocycles. The number of ether oxygens (including phenoxy) is 3. The summed E-state index contributed by atoms with van der Waals surface area (Å²) in [6.07, 6.45) is 1.76. The van der Waals surface area contributed by atoms with E-state index in [1.807, 2.05) is 0 Å². The molecule has 3 atom stereocenters. The van der Waals surface area contributed by atoms with Crippen molar-refractivity contribution in [3.05, 3.63) is 0 Å². The van der Waals surface area contributed by atoms with Crippen molar-refractivity contribution >= 4 is 10.9 Å². The van der Waals surface area contributed by atoms with Crippen molar-refractivity contribution in [2.45, 2.75) is 18.3 Å². The predicted molar refractivity (Wildman–Crippen MR) is 52.8 cm³/mol. The SMILES string of the molecule is C1OC1C[SH](CC1CO1)CC1CO1. The minimum atomic E-state index is 0.133.